The third-order valence-electron chi connectivity index (χ3n) is 7.14. The summed E-state index contributed by atoms with van der Waals surface area (Å²) in [5.41, 5.74) is -2.15. The lowest BCUT2D eigenvalue weighted by Crippen LogP contribution is -2.56. The predicted octanol–water partition coefficient (Wildman–Crippen LogP) is 0.876. The molecule has 0 aliphatic heterocycles. The monoisotopic (exact) mass is 414 g/mol. The van der Waals surface area contributed by atoms with Crippen molar-refractivity contribution in [1.82, 2.24) is 19.0 Å². The second kappa shape index (κ2) is 7.89. The van der Waals surface area contributed by atoms with Gasteiger partial charge in [0.1, 0.15) is 6.54 Å². The van der Waals surface area contributed by atoms with Crippen LogP contribution in [-0.4, -0.2) is 26.2 Å². The molecule has 4 aliphatic carbocycles. The molecule has 0 aromatic carbocycles. The van der Waals surface area contributed by atoms with E-state index in [1.807, 2.05) is 0 Å². The van der Waals surface area contributed by atoms with E-state index in [9.17, 15) is 19.2 Å². The lowest BCUT2D eigenvalue weighted by atomic mass is 9.49. The van der Waals surface area contributed by atoms with Crippen molar-refractivity contribution in [2.75, 3.05) is 6.54 Å². The summed E-state index contributed by atoms with van der Waals surface area (Å²) < 4.78 is 2.64. The molecule has 0 saturated heterocycles. The molecule has 5 rings (SSSR count). The van der Waals surface area contributed by atoms with Crippen LogP contribution in [0.4, 0.5) is 0 Å². The van der Waals surface area contributed by atoms with E-state index in [2.05, 4.69) is 18.5 Å². The maximum Gasteiger partial charge on any atom is 0.337 e. The van der Waals surface area contributed by atoms with Crippen LogP contribution in [-0.2, 0) is 24.4 Å². The van der Waals surface area contributed by atoms with Gasteiger partial charge in [-0.1, -0.05) is 12.2 Å². The van der Waals surface area contributed by atoms with Gasteiger partial charge in [0.15, 0.2) is 0 Å². The fourth-order valence-electron chi connectivity index (χ4n) is 6.38. The van der Waals surface area contributed by atoms with Crippen molar-refractivity contribution in [3.63, 3.8) is 0 Å². The third kappa shape index (κ3) is 3.63. The molecule has 4 bridgehead atoms. The van der Waals surface area contributed by atoms with Crippen LogP contribution in [0.1, 0.15) is 38.5 Å². The SMILES string of the molecule is C=CCn1c(=O)n(CC=C)c(=O)n(CC(=O)NCC23CC4CC(CC(C4)C2)C3)c1=O. The van der Waals surface area contributed by atoms with Crippen molar-refractivity contribution in [3.8, 4) is 0 Å². The third-order valence-corrected chi connectivity index (χ3v) is 7.14. The Morgan fingerprint density at radius 3 is 1.73 bits per heavy atom. The highest BCUT2D eigenvalue weighted by Crippen LogP contribution is 2.59. The van der Waals surface area contributed by atoms with Crippen molar-refractivity contribution in [1.29, 1.82) is 0 Å². The van der Waals surface area contributed by atoms with Crippen molar-refractivity contribution in [2.45, 2.75) is 58.2 Å². The first-order valence-electron chi connectivity index (χ1n) is 10.8. The van der Waals surface area contributed by atoms with Crippen LogP contribution < -0.4 is 22.4 Å². The first kappa shape index (κ1) is 20.6. The molecular weight excluding hydrogens is 384 g/mol. The number of carbonyl (C=O) groups is 1. The summed E-state index contributed by atoms with van der Waals surface area (Å²) in [6.45, 7) is 7.22. The number of nitrogens with zero attached hydrogens (tertiary/aromatic N) is 3. The Labute approximate surface area is 174 Å². The highest BCUT2D eigenvalue weighted by Gasteiger charge is 2.50. The van der Waals surface area contributed by atoms with Crippen LogP contribution in [0.5, 0.6) is 0 Å². The van der Waals surface area contributed by atoms with Gasteiger partial charge in [0.25, 0.3) is 0 Å². The Hall–Kier alpha value is -2.64. The molecule has 0 unspecified atom stereocenters. The zero-order chi connectivity index (χ0) is 21.5. The highest BCUT2D eigenvalue weighted by atomic mass is 16.2. The number of carbonyl (C=O) groups excluding carboxylic acids is 1. The summed E-state index contributed by atoms with van der Waals surface area (Å²) in [5.74, 6) is 1.97. The molecule has 8 heteroatoms. The summed E-state index contributed by atoms with van der Waals surface area (Å²) in [6, 6.07) is 0. The zero-order valence-electron chi connectivity index (χ0n) is 17.3. The van der Waals surface area contributed by atoms with Crippen LogP contribution in [0, 0.1) is 23.2 Å². The molecule has 1 heterocycles. The Balaban J connectivity index is 1.52. The van der Waals surface area contributed by atoms with Gasteiger partial charge >= 0.3 is 17.1 Å². The topological polar surface area (TPSA) is 95.1 Å². The molecule has 4 saturated carbocycles. The Kier molecular flexibility index (Phi) is 5.42. The summed E-state index contributed by atoms with van der Waals surface area (Å²) in [4.78, 5) is 50.5. The lowest BCUT2D eigenvalue weighted by Gasteiger charge is -2.56. The van der Waals surface area contributed by atoms with E-state index >= 15 is 0 Å². The summed E-state index contributed by atoms with van der Waals surface area (Å²) in [6.07, 6.45) is 10.3. The Morgan fingerprint density at radius 2 is 1.30 bits per heavy atom. The number of nitrogens with one attached hydrogen (secondary N) is 1. The minimum Gasteiger partial charge on any atom is -0.354 e. The van der Waals surface area contributed by atoms with Gasteiger partial charge in [0.05, 0.1) is 13.1 Å². The molecule has 1 amide bonds. The lowest BCUT2D eigenvalue weighted by molar-refractivity contribution is -0.124. The van der Waals surface area contributed by atoms with E-state index in [-0.39, 0.29) is 24.4 Å². The molecular formula is C22H30N4O4. The maximum atomic E-state index is 12.7. The first-order chi connectivity index (χ1) is 14.4. The molecule has 4 fully saturated rings. The van der Waals surface area contributed by atoms with E-state index < -0.39 is 23.6 Å². The Bertz CT molecular complexity index is 961. The van der Waals surface area contributed by atoms with E-state index in [1.165, 1.54) is 31.4 Å². The number of allylic oxidation sites excluding steroid dienone is 2. The van der Waals surface area contributed by atoms with Crippen LogP contribution in [0.3, 0.4) is 0 Å². The van der Waals surface area contributed by atoms with Gasteiger partial charge in [-0.05, 0) is 61.7 Å². The van der Waals surface area contributed by atoms with Gasteiger partial charge in [-0.15, -0.1) is 13.2 Å². The second-order valence-electron chi connectivity index (χ2n) is 9.43. The number of hydrogen-bond donors (Lipinski definition) is 1. The average molecular weight is 415 g/mol. The largest absolute Gasteiger partial charge is 0.354 e. The van der Waals surface area contributed by atoms with Gasteiger partial charge in [-0.3, -0.25) is 4.79 Å². The normalized spacial score (nSPS) is 29.0. The van der Waals surface area contributed by atoms with Gasteiger partial charge in [0.2, 0.25) is 5.91 Å². The number of amides is 1. The molecule has 1 aromatic rings. The fraction of sp³-hybridized carbons (Fsp3) is 0.636. The smallest absolute Gasteiger partial charge is 0.337 e. The summed E-state index contributed by atoms with van der Waals surface area (Å²) >= 11 is 0. The fourth-order valence-corrected chi connectivity index (χ4v) is 6.38. The van der Waals surface area contributed by atoms with Crippen molar-refractivity contribution >= 4 is 5.91 Å². The maximum absolute atomic E-state index is 12.7. The van der Waals surface area contributed by atoms with Gasteiger partial charge < -0.3 is 5.32 Å². The number of hydrogen-bond acceptors (Lipinski definition) is 4. The molecule has 30 heavy (non-hydrogen) atoms. The average Bonchev–Trinajstić information content (AvgIpc) is 2.69. The van der Waals surface area contributed by atoms with E-state index in [1.54, 1.807) is 0 Å². The van der Waals surface area contributed by atoms with Gasteiger partial charge in [0, 0.05) is 6.54 Å². The number of aromatic nitrogens is 3. The van der Waals surface area contributed by atoms with E-state index in [0.717, 1.165) is 50.7 Å². The molecule has 0 spiro atoms. The molecule has 1 N–H and O–H groups in total. The van der Waals surface area contributed by atoms with Crippen molar-refractivity contribution in [2.24, 2.45) is 23.2 Å². The summed E-state index contributed by atoms with van der Waals surface area (Å²) in [7, 11) is 0. The minimum absolute atomic E-state index is 0.0377. The zero-order valence-corrected chi connectivity index (χ0v) is 17.3. The van der Waals surface area contributed by atoms with Crippen LogP contribution in [0.15, 0.2) is 39.7 Å². The van der Waals surface area contributed by atoms with Crippen LogP contribution in [0.25, 0.3) is 0 Å². The summed E-state index contributed by atoms with van der Waals surface area (Å²) in [5, 5.41) is 2.99. The molecule has 4 aliphatic rings. The Morgan fingerprint density at radius 1 is 0.867 bits per heavy atom. The molecule has 0 radical (unpaired) electrons. The van der Waals surface area contributed by atoms with Gasteiger partial charge in [-0.2, -0.15) is 0 Å². The van der Waals surface area contributed by atoms with Crippen molar-refractivity contribution < 1.29 is 4.79 Å². The van der Waals surface area contributed by atoms with Crippen LogP contribution >= 0.6 is 0 Å². The second-order valence-corrected chi connectivity index (χ2v) is 9.43. The predicted molar refractivity (Wildman–Crippen MR) is 113 cm³/mol. The van der Waals surface area contributed by atoms with Gasteiger partial charge in [-0.25, -0.2) is 28.1 Å². The number of rotatable bonds is 8. The standard InChI is InChI=1S/C22H30N4O4/c1-3-5-24-19(28)25(6-4-2)21(30)26(20(24)29)13-18(27)23-14-22-10-15-7-16(11-22)9-17(8-15)12-22/h3-4,15-17H,1-2,5-14H2,(H,23,27). The van der Waals surface area contributed by atoms with E-state index in [4.69, 9.17) is 0 Å². The quantitative estimate of drug-likeness (QED) is 0.639. The molecule has 1 aromatic heterocycles. The van der Waals surface area contributed by atoms with E-state index in [0.29, 0.717) is 6.54 Å². The van der Waals surface area contributed by atoms with Crippen LogP contribution in [0.2, 0.25) is 0 Å². The first-order valence-corrected chi connectivity index (χ1v) is 10.8. The highest BCUT2D eigenvalue weighted by molar-refractivity contribution is 5.75. The molecule has 0 atom stereocenters. The van der Waals surface area contributed by atoms with Crippen molar-refractivity contribution in [3.05, 3.63) is 56.8 Å². The minimum atomic E-state index is -0.796. The molecule has 8 nitrogen and oxygen atoms in total. The molecule has 162 valence electrons.